The van der Waals surface area contributed by atoms with Crippen molar-refractivity contribution in [1.82, 2.24) is 0 Å². The monoisotopic (exact) mass is 286 g/mol. The summed E-state index contributed by atoms with van der Waals surface area (Å²) >= 11 is 0. The Balaban J connectivity index is 2.01. The minimum Gasteiger partial charge on any atom is -0.326 e. The minimum absolute atomic E-state index is 0.000655. The molecular weight excluding hydrogens is 264 g/mol. The number of rotatable bonds is 1. The van der Waals surface area contributed by atoms with Crippen molar-refractivity contribution < 1.29 is 9.59 Å². The van der Waals surface area contributed by atoms with Crippen LogP contribution < -0.4 is 10.2 Å². The van der Waals surface area contributed by atoms with E-state index >= 15 is 0 Å². The zero-order valence-corrected chi connectivity index (χ0v) is 13.1. The Kier molecular flexibility index (Phi) is 3.08. The van der Waals surface area contributed by atoms with Crippen molar-refractivity contribution in [3.8, 4) is 0 Å². The lowest BCUT2D eigenvalue weighted by atomic mass is 9.93. The summed E-state index contributed by atoms with van der Waals surface area (Å²) in [5.41, 5.74) is 3.71. The van der Waals surface area contributed by atoms with Crippen molar-refractivity contribution in [3.63, 3.8) is 0 Å². The average molecular weight is 286 g/mol. The first kappa shape index (κ1) is 14.1. The van der Waals surface area contributed by atoms with Crippen LogP contribution in [0.3, 0.4) is 0 Å². The van der Waals surface area contributed by atoms with Crippen LogP contribution >= 0.6 is 0 Å². The van der Waals surface area contributed by atoms with Crippen LogP contribution in [-0.4, -0.2) is 18.4 Å². The van der Waals surface area contributed by atoms with Gasteiger partial charge in [0.2, 0.25) is 11.8 Å². The Bertz CT molecular complexity index is 628. The lowest BCUT2D eigenvalue weighted by Crippen LogP contribution is -2.32. The molecule has 1 aromatic rings. The van der Waals surface area contributed by atoms with Gasteiger partial charge in [0.25, 0.3) is 0 Å². The summed E-state index contributed by atoms with van der Waals surface area (Å²) in [5.74, 6) is 0.0767. The van der Waals surface area contributed by atoms with Gasteiger partial charge < -0.3 is 10.2 Å². The number of anilines is 2. The summed E-state index contributed by atoms with van der Waals surface area (Å²) in [4.78, 5) is 26.4. The third-order valence-electron chi connectivity index (χ3n) is 4.36. The topological polar surface area (TPSA) is 49.4 Å². The Morgan fingerprint density at radius 3 is 2.71 bits per heavy atom. The molecule has 2 aliphatic rings. The van der Waals surface area contributed by atoms with Gasteiger partial charge in [0.15, 0.2) is 0 Å². The van der Waals surface area contributed by atoms with Crippen LogP contribution in [0.5, 0.6) is 0 Å². The Morgan fingerprint density at radius 2 is 2.05 bits per heavy atom. The number of nitrogens with one attached hydrogen (secondary N) is 1. The van der Waals surface area contributed by atoms with E-state index in [1.54, 1.807) is 0 Å². The third kappa shape index (κ3) is 2.23. The van der Waals surface area contributed by atoms with Crippen LogP contribution in [0.2, 0.25) is 0 Å². The molecule has 0 aliphatic carbocycles. The number of hydrogen-bond donors (Lipinski definition) is 1. The molecule has 0 saturated heterocycles. The molecular formula is C17H22N2O2. The first-order valence-electron chi connectivity index (χ1n) is 7.58. The van der Waals surface area contributed by atoms with E-state index < -0.39 is 5.41 Å². The van der Waals surface area contributed by atoms with Crippen molar-refractivity contribution in [2.24, 2.45) is 5.41 Å². The summed E-state index contributed by atoms with van der Waals surface area (Å²) in [7, 11) is 0. The molecule has 1 atom stereocenters. The molecule has 0 saturated carbocycles. The smallest absolute Gasteiger partial charge is 0.234 e. The fraction of sp³-hybridized carbons (Fsp3) is 0.529. The number of nitrogens with zero attached hydrogens (tertiary/aromatic N) is 1. The van der Waals surface area contributed by atoms with Crippen LogP contribution in [0, 0.1) is 5.41 Å². The molecule has 3 rings (SSSR count). The summed E-state index contributed by atoms with van der Waals surface area (Å²) in [6.07, 6.45) is 1.96. The van der Waals surface area contributed by atoms with Gasteiger partial charge in [-0.2, -0.15) is 0 Å². The quantitative estimate of drug-likeness (QED) is 0.862. The second-order valence-corrected chi connectivity index (χ2v) is 7.09. The van der Waals surface area contributed by atoms with Crippen LogP contribution in [0.25, 0.3) is 0 Å². The highest BCUT2D eigenvalue weighted by Crippen LogP contribution is 2.44. The number of hydrogen-bond acceptors (Lipinski definition) is 2. The standard InChI is InChI=1S/C17H22N2O2/c1-10-13-9-12(18-16(21)17(2,3)4)8-11-6-5-7-19(14(11)13)15(10)20/h8-10H,5-7H2,1-4H3,(H,18,21)/t10-/m1/s1. The van der Waals surface area contributed by atoms with E-state index in [-0.39, 0.29) is 17.7 Å². The lowest BCUT2D eigenvalue weighted by molar-refractivity contribution is -0.123. The van der Waals surface area contributed by atoms with E-state index in [0.717, 1.165) is 36.3 Å². The maximum absolute atomic E-state index is 12.3. The molecule has 2 amide bonds. The van der Waals surface area contributed by atoms with Crippen molar-refractivity contribution in [1.29, 1.82) is 0 Å². The summed E-state index contributed by atoms with van der Waals surface area (Å²) in [6.45, 7) is 8.46. The van der Waals surface area contributed by atoms with Gasteiger partial charge in [-0.1, -0.05) is 20.8 Å². The molecule has 0 aromatic heterocycles. The van der Waals surface area contributed by atoms with Gasteiger partial charge in [0.05, 0.1) is 11.6 Å². The molecule has 4 heteroatoms. The van der Waals surface area contributed by atoms with E-state index in [4.69, 9.17) is 0 Å². The van der Waals surface area contributed by atoms with Crippen molar-refractivity contribution >= 4 is 23.2 Å². The molecule has 0 bridgehead atoms. The molecule has 1 aromatic carbocycles. The van der Waals surface area contributed by atoms with Crippen molar-refractivity contribution in [3.05, 3.63) is 23.3 Å². The first-order valence-corrected chi connectivity index (χ1v) is 7.58. The Labute approximate surface area is 125 Å². The summed E-state index contributed by atoms with van der Waals surface area (Å²) in [5, 5.41) is 2.99. The average Bonchev–Trinajstić information content (AvgIpc) is 2.65. The van der Waals surface area contributed by atoms with E-state index in [2.05, 4.69) is 5.32 Å². The largest absolute Gasteiger partial charge is 0.326 e. The van der Waals surface area contributed by atoms with Crippen LogP contribution in [0.15, 0.2) is 12.1 Å². The van der Waals surface area contributed by atoms with Gasteiger partial charge >= 0.3 is 0 Å². The maximum atomic E-state index is 12.3. The summed E-state index contributed by atoms with van der Waals surface area (Å²) in [6, 6.07) is 4.00. The predicted molar refractivity (Wildman–Crippen MR) is 83.6 cm³/mol. The lowest BCUT2D eigenvalue weighted by Gasteiger charge is -2.26. The molecule has 1 N–H and O–H groups in total. The highest BCUT2D eigenvalue weighted by atomic mass is 16.2. The highest BCUT2D eigenvalue weighted by Gasteiger charge is 2.38. The molecule has 2 aliphatic heterocycles. The number of aryl methyl sites for hydroxylation is 1. The normalized spacial score (nSPS) is 20.5. The van der Waals surface area contributed by atoms with Gasteiger partial charge in [-0.05, 0) is 43.0 Å². The number of benzene rings is 1. The van der Waals surface area contributed by atoms with Crippen LogP contribution in [0.4, 0.5) is 11.4 Å². The zero-order valence-electron chi connectivity index (χ0n) is 13.1. The number of carbonyl (C=O) groups excluding carboxylic acids is 2. The molecule has 0 spiro atoms. The van der Waals surface area contributed by atoms with Crippen molar-refractivity contribution in [2.75, 3.05) is 16.8 Å². The molecule has 0 fully saturated rings. The molecule has 2 heterocycles. The second-order valence-electron chi connectivity index (χ2n) is 7.09. The first-order chi connectivity index (χ1) is 9.79. The minimum atomic E-state index is -0.427. The molecule has 112 valence electrons. The van der Waals surface area contributed by atoms with Gasteiger partial charge in [0.1, 0.15) is 0 Å². The van der Waals surface area contributed by atoms with Gasteiger partial charge in [-0.15, -0.1) is 0 Å². The number of carbonyl (C=O) groups is 2. The van der Waals surface area contributed by atoms with Gasteiger partial charge in [-0.25, -0.2) is 0 Å². The molecule has 0 radical (unpaired) electrons. The van der Waals surface area contributed by atoms with Gasteiger partial charge in [-0.3, -0.25) is 9.59 Å². The maximum Gasteiger partial charge on any atom is 0.234 e. The van der Waals surface area contributed by atoms with Gasteiger partial charge in [0, 0.05) is 17.6 Å². The van der Waals surface area contributed by atoms with E-state index in [9.17, 15) is 9.59 Å². The third-order valence-corrected chi connectivity index (χ3v) is 4.36. The van der Waals surface area contributed by atoms with E-state index in [1.165, 1.54) is 5.56 Å². The number of amides is 2. The Morgan fingerprint density at radius 1 is 1.33 bits per heavy atom. The van der Waals surface area contributed by atoms with Crippen LogP contribution in [-0.2, 0) is 16.0 Å². The fourth-order valence-electron chi connectivity index (χ4n) is 3.09. The van der Waals surface area contributed by atoms with Crippen LogP contribution in [0.1, 0.15) is 51.2 Å². The molecule has 4 nitrogen and oxygen atoms in total. The molecule has 0 unspecified atom stereocenters. The predicted octanol–water partition coefficient (Wildman–Crippen LogP) is 3.07. The fourth-order valence-corrected chi connectivity index (χ4v) is 3.09. The van der Waals surface area contributed by atoms with E-state index in [0.29, 0.717) is 0 Å². The zero-order chi connectivity index (χ0) is 15.4. The second kappa shape index (κ2) is 4.58. The highest BCUT2D eigenvalue weighted by molar-refractivity contribution is 6.07. The Hall–Kier alpha value is -1.84. The molecule has 21 heavy (non-hydrogen) atoms. The summed E-state index contributed by atoms with van der Waals surface area (Å²) < 4.78 is 0. The SMILES string of the molecule is C[C@H]1C(=O)N2CCCc3cc(NC(=O)C(C)(C)C)cc1c32. The van der Waals surface area contributed by atoms with E-state index in [1.807, 2.05) is 44.7 Å². The van der Waals surface area contributed by atoms with Crippen molar-refractivity contribution in [2.45, 2.75) is 46.5 Å².